The first-order valence-electron chi connectivity index (χ1n) is 8.33. The minimum absolute atomic E-state index is 0.0943. The lowest BCUT2D eigenvalue weighted by molar-refractivity contribution is -0.116. The van der Waals surface area contributed by atoms with Gasteiger partial charge in [0.1, 0.15) is 0 Å². The van der Waals surface area contributed by atoms with Crippen molar-refractivity contribution in [3.63, 3.8) is 0 Å². The molecule has 0 unspecified atom stereocenters. The van der Waals surface area contributed by atoms with Gasteiger partial charge in [-0.15, -0.1) is 11.6 Å². The van der Waals surface area contributed by atoms with E-state index in [1.54, 1.807) is 12.1 Å². The average Bonchev–Trinajstić information content (AvgIpc) is 3.03. The highest BCUT2D eigenvalue weighted by Crippen LogP contribution is 2.24. The molecule has 0 fully saturated rings. The number of rotatable bonds is 7. The molecule has 0 aliphatic heterocycles. The van der Waals surface area contributed by atoms with Crippen LogP contribution < -0.4 is 10.6 Å². The third-order valence-electron chi connectivity index (χ3n) is 3.85. The highest BCUT2D eigenvalue weighted by Gasteiger charge is 2.11. The monoisotopic (exact) mass is 370 g/mol. The Balaban J connectivity index is 1.71. The molecule has 0 bridgehead atoms. The minimum atomic E-state index is -0.152. The number of H-pyrrole nitrogens is 1. The van der Waals surface area contributed by atoms with Crippen LogP contribution in [0.2, 0.25) is 0 Å². The van der Waals surface area contributed by atoms with Gasteiger partial charge in [0.05, 0.1) is 11.9 Å². The number of carbonyl (C=O) groups is 2. The SMILES string of the molecule is O=C(CCCCl)Nc1ccc2[nH]nc(NC(=O)Cc3ccccc3)c2c1. The minimum Gasteiger partial charge on any atom is -0.326 e. The van der Waals surface area contributed by atoms with Gasteiger partial charge in [-0.2, -0.15) is 5.10 Å². The van der Waals surface area contributed by atoms with E-state index in [1.807, 2.05) is 36.4 Å². The summed E-state index contributed by atoms with van der Waals surface area (Å²) in [6.07, 6.45) is 1.26. The van der Waals surface area contributed by atoms with E-state index in [0.29, 0.717) is 30.2 Å². The molecule has 0 saturated carbocycles. The lowest BCUT2D eigenvalue weighted by atomic mass is 10.1. The number of aromatic amines is 1. The van der Waals surface area contributed by atoms with Crippen molar-refractivity contribution in [2.45, 2.75) is 19.3 Å². The maximum absolute atomic E-state index is 12.3. The second-order valence-corrected chi connectivity index (χ2v) is 6.26. The molecule has 6 nitrogen and oxygen atoms in total. The van der Waals surface area contributed by atoms with Crippen molar-refractivity contribution in [3.05, 3.63) is 54.1 Å². The number of carbonyl (C=O) groups excluding carboxylic acids is 2. The largest absolute Gasteiger partial charge is 0.326 e. The summed E-state index contributed by atoms with van der Waals surface area (Å²) < 4.78 is 0. The fourth-order valence-electron chi connectivity index (χ4n) is 2.60. The van der Waals surface area contributed by atoms with Gasteiger partial charge in [0.15, 0.2) is 5.82 Å². The number of halogens is 1. The third kappa shape index (κ3) is 4.61. The zero-order valence-corrected chi connectivity index (χ0v) is 14.8. The van der Waals surface area contributed by atoms with Crippen LogP contribution in [0.1, 0.15) is 18.4 Å². The van der Waals surface area contributed by atoms with Crippen molar-refractivity contribution < 1.29 is 9.59 Å². The maximum Gasteiger partial charge on any atom is 0.230 e. The van der Waals surface area contributed by atoms with Gasteiger partial charge in [-0.05, 0) is 30.2 Å². The van der Waals surface area contributed by atoms with Gasteiger partial charge in [-0.1, -0.05) is 30.3 Å². The molecule has 2 aromatic carbocycles. The number of amides is 2. The maximum atomic E-state index is 12.3. The van der Waals surface area contributed by atoms with Crippen molar-refractivity contribution in [1.82, 2.24) is 10.2 Å². The Hall–Kier alpha value is -2.86. The molecule has 3 N–H and O–H groups in total. The van der Waals surface area contributed by atoms with E-state index in [1.165, 1.54) is 0 Å². The number of hydrogen-bond donors (Lipinski definition) is 3. The molecule has 1 heterocycles. The molecule has 0 spiro atoms. The number of hydrogen-bond acceptors (Lipinski definition) is 3. The number of benzene rings is 2. The average molecular weight is 371 g/mol. The lowest BCUT2D eigenvalue weighted by Crippen LogP contribution is -2.15. The zero-order valence-electron chi connectivity index (χ0n) is 14.1. The van der Waals surface area contributed by atoms with Crippen molar-refractivity contribution in [1.29, 1.82) is 0 Å². The number of nitrogens with one attached hydrogen (secondary N) is 3. The number of aromatic nitrogens is 2. The second-order valence-electron chi connectivity index (χ2n) is 5.88. The number of alkyl halides is 1. The summed E-state index contributed by atoms with van der Waals surface area (Å²) in [6.45, 7) is 0. The fourth-order valence-corrected chi connectivity index (χ4v) is 2.73. The standard InChI is InChI=1S/C19H19ClN4O2/c20-10-4-7-17(25)21-14-8-9-16-15(12-14)19(24-23-16)22-18(26)11-13-5-2-1-3-6-13/h1-3,5-6,8-9,12H,4,7,10-11H2,(H,21,25)(H2,22,23,24,26). The van der Waals surface area contributed by atoms with Gasteiger partial charge in [0.2, 0.25) is 11.8 Å². The first kappa shape index (κ1) is 17.9. The van der Waals surface area contributed by atoms with E-state index in [-0.39, 0.29) is 18.2 Å². The van der Waals surface area contributed by atoms with Gasteiger partial charge in [0, 0.05) is 23.4 Å². The molecule has 2 amide bonds. The predicted molar refractivity (Wildman–Crippen MR) is 103 cm³/mol. The van der Waals surface area contributed by atoms with Crippen LogP contribution in [0.4, 0.5) is 11.5 Å². The normalized spacial score (nSPS) is 10.7. The van der Waals surface area contributed by atoms with Crippen LogP contribution in [0.5, 0.6) is 0 Å². The predicted octanol–water partition coefficient (Wildman–Crippen LogP) is 3.70. The number of anilines is 2. The number of fused-ring (bicyclic) bond motifs is 1. The van der Waals surface area contributed by atoms with Crippen LogP contribution in [0.3, 0.4) is 0 Å². The summed E-state index contributed by atoms with van der Waals surface area (Å²) in [5, 5.41) is 13.4. The van der Waals surface area contributed by atoms with Crippen molar-refractivity contribution >= 4 is 45.8 Å². The molecule has 134 valence electrons. The highest BCUT2D eigenvalue weighted by atomic mass is 35.5. The Morgan fingerprint density at radius 3 is 2.62 bits per heavy atom. The van der Waals surface area contributed by atoms with Crippen LogP contribution in [-0.4, -0.2) is 27.9 Å². The van der Waals surface area contributed by atoms with Crippen molar-refractivity contribution in [3.8, 4) is 0 Å². The summed E-state index contributed by atoms with van der Waals surface area (Å²) in [5.74, 6) is 0.647. The van der Waals surface area contributed by atoms with E-state index in [0.717, 1.165) is 16.5 Å². The lowest BCUT2D eigenvalue weighted by Gasteiger charge is -2.06. The first-order chi connectivity index (χ1) is 12.7. The molecule has 0 aliphatic carbocycles. The summed E-state index contributed by atoms with van der Waals surface area (Å²) in [6, 6.07) is 14.9. The van der Waals surface area contributed by atoms with Crippen LogP contribution in [0.15, 0.2) is 48.5 Å². The third-order valence-corrected chi connectivity index (χ3v) is 4.12. The van der Waals surface area contributed by atoms with Gasteiger partial charge >= 0.3 is 0 Å². The van der Waals surface area contributed by atoms with E-state index in [9.17, 15) is 9.59 Å². The molecule has 0 radical (unpaired) electrons. The Bertz CT molecular complexity index is 908. The zero-order chi connectivity index (χ0) is 18.4. The Morgan fingerprint density at radius 1 is 1.04 bits per heavy atom. The van der Waals surface area contributed by atoms with Crippen LogP contribution in [0.25, 0.3) is 10.9 Å². The van der Waals surface area contributed by atoms with Gasteiger partial charge < -0.3 is 10.6 Å². The quantitative estimate of drug-likeness (QED) is 0.554. The molecular formula is C19H19ClN4O2. The van der Waals surface area contributed by atoms with Gasteiger partial charge in [-0.25, -0.2) is 0 Å². The van der Waals surface area contributed by atoms with E-state index < -0.39 is 0 Å². The Morgan fingerprint density at radius 2 is 1.85 bits per heavy atom. The summed E-state index contributed by atoms with van der Waals surface area (Å²) in [5.41, 5.74) is 2.35. The van der Waals surface area contributed by atoms with Gasteiger partial charge in [0.25, 0.3) is 0 Å². The first-order valence-corrected chi connectivity index (χ1v) is 8.87. The van der Waals surface area contributed by atoms with E-state index >= 15 is 0 Å². The molecule has 3 aromatic rings. The van der Waals surface area contributed by atoms with Gasteiger partial charge in [-0.3, -0.25) is 14.7 Å². The smallest absolute Gasteiger partial charge is 0.230 e. The highest BCUT2D eigenvalue weighted by molar-refractivity contribution is 6.18. The molecule has 0 aliphatic rings. The second kappa shape index (κ2) is 8.49. The van der Waals surface area contributed by atoms with Crippen LogP contribution in [0, 0.1) is 0 Å². The molecule has 0 atom stereocenters. The topological polar surface area (TPSA) is 86.9 Å². The number of nitrogens with zero attached hydrogens (tertiary/aromatic N) is 1. The molecule has 3 rings (SSSR count). The Labute approximate surface area is 155 Å². The van der Waals surface area contributed by atoms with Crippen LogP contribution in [-0.2, 0) is 16.0 Å². The summed E-state index contributed by atoms with van der Waals surface area (Å²) in [4.78, 5) is 24.1. The molecule has 0 saturated heterocycles. The molecule has 26 heavy (non-hydrogen) atoms. The van der Waals surface area contributed by atoms with E-state index in [2.05, 4.69) is 20.8 Å². The summed E-state index contributed by atoms with van der Waals surface area (Å²) >= 11 is 5.61. The Kier molecular flexibility index (Phi) is 5.86. The molecule has 1 aromatic heterocycles. The molecule has 7 heteroatoms. The van der Waals surface area contributed by atoms with Crippen LogP contribution >= 0.6 is 11.6 Å². The summed E-state index contributed by atoms with van der Waals surface area (Å²) in [7, 11) is 0. The van der Waals surface area contributed by atoms with Crippen molar-refractivity contribution in [2.24, 2.45) is 0 Å². The van der Waals surface area contributed by atoms with Crippen molar-refractivity contribution in [2.75, 3.05) is 16.5 Å². The molecular weight excluding hydrogens is 352 g/mol. The van der Waals surface area contributed by atoms with E-state index in [4.69, 9.17) is 11.6 Å². The fraction of sp³-hybridized carbons (Fsp3) is 0.211.